The quantitative estimate of drug-likeness (QED) is 0.178. The van der Waals surface area contributed by atoms with E-state index in [-0.39, 0.29) is 0 Å². The Hall–Kier alpha value is -8.40. The van der Waals surface area contributed by atoms with Crippen molar-refractivity contribution >= 4 is 39.0 Å². The molecule has 3 aliphatic rings. The van der Waals surface area contributed by atoms with E-state index >= 15 is 0 Å². The smallest absolute Gasteiger partial charge is 0.159 e. The van der Waals surface area contributed by atoms with Gasteiger partial charge in [-0.05, 0) is 104 Å². The predicted octanol–water partition coefficient (Wildman–Crippen LogP) is 16.5. The molecule has 0 N–H and O–H groups in total. The summed E-state index contributed by atoms with van der Waals surface area (Å²) in [6.07, 6.45) is 0. The van der Waals surface area contributed by atoms with E-state index in [1.807, 2.05) is 0 Å². The number of anilines is 3. The van der Waals surface area contributed by atoms with Crippen molar-refractivity contribution in [3.05, 3.63) is 247 Å². The van der Waals surface area contributed by atoms with Gasteiger partial charge in [0, 0.05) is 38.8 Å². The minimum Gasteiger partial charge on any atom is -0.455 e. The van der Waals surface area contributed by atoms with Gasteiger partial charge in [0.2, 0.25) is 0 Å². The Bertz CT molecular complexity index is 3730. The van der Waals surface area contributed by atoms with Crippen molar-refractivity contribution in [3.8, 4) is 67.1 Å². The number of hydrogen-bond acceptors (Lipinski definition) is 3. The van der Waals surface area contributed by atoms with Crippen LogP contribution in [0.4, 0.5) is 17.1 Å². The Labute approximate surface area is 370 Å². The third-order valence-corrected chi connectivity index (χ3v) is 13.9. The SMILES string of the molecule is c1ccc(N(c2ccc3c(c2)C2(c4ccccc4-c4ccccc4-3)c3ccccc3-c3c2ccc2c3oc3ccccc32)c2cccc3c2Oc2ccccc2-c2ccccc2-3)cc1. The first kappa shape index (κ1) is 35.2. The molecule has 2 aliphatic carbocycles. The molecule has 0 saturated carbocycles. The second kappa shape index (κ2) is 13.3. The molecular formula is C61H37NO2. The van der Waals surface area contributed by atoms with Crippen molar-refractivity contribution in [1.82, 2.24) is 0 Å². The van der Waals surface area contributed by atoms with E-state index < -0.39 is 5.41 Å². The van der Waals surface area contributed by atoms with Crippen LogP contribution in [0.5, 0.6) is 11.5 Å². The molecule has 1 unspecified atom stereocenters. The molecule has 64 heavy (non-hydrogen) atoms. The summed E-state index contributed by atoms with van der Waals surface area (Å²) in [5.74, 6) is 1.65. The zero-order valence-corrected chi connectivity index (χ0v) is 34.6. The monoisotopic (exact) mass is 815 g/mol. The van der Waals surface area contributed by atoms with E-state index in [9.17, 15) is 0 Å². The van der Waals surface area contributed by atoms with Crippen LogP contribution in [0.15, 0.2) is 229 Å². The normalized spacial score (nSPS) is 14.8. The lowest BCUT2D eigenvalue weighted by Gasteiger charge is -2.36. The summed E-state index contributed by atoms with van der Waals surface area (Å²) >= 11 is 0. The van der Waals surface area contributed by atoms with Crippen LogP contribution >= 0.6 is 0 Å². The van der Waals surface area contributed by atoms with E-state index in [2.05, 4.69) is 229 Å². The molecule has 0 amide bonds. The van der Waals surface area contributed by atoms with Crippen molar-refractivity contribution in [3.63, 3.8) is 0 Å². The first-order chi connectivity index (χ1) is 31.8. The van der Waals surface area contributed by atoms with Gasteiger partial charge >= 0.3 is 0 Å². The topological polar surface area (TPSA) is 25.6 Å². The van der Waals surface area contributed by atoms with Gasteiger partial charge in [0.15, 0.2) is 5.75 Å². The molecule has 298 valence electrons. The highest BCUT2D eigenvalue weighted by molar-refractivity contribution is 6.13. The molecule has 1 spiro atoms. The van der Waals surface area contributed by atoms with Crippen molar-refractivity contribution in [2.24, 2.45) is 0 Å². The molecule has 3 heteroatoms. The fourth-order valence-electron chi connectivity index (χ4n) is 11.3. The molecule has 1 aromatic heterocycles. The average Bonchev–Trinajstić information content (AvgIpc) is 3.80. The molecule has 14 rings (SSSR count). The lowest BCUT2D eigenvalue weighted by atomic mass is 9.65. The van der Waals surface area contributed by atoms with E-state index in [1.54, 1.807) is 0 Å². The van der Waals surface area contributed by atoms with Gasteiger partial charge in [-0.25, -0.2) is 0 Å². The maximum absolute atomic E-state index is 7.17. The number of ether oxygens (including phenoxy) is 1. The molecule has 2 heterocycles. The molecule has 10 aromatic carbocycles. The second-order valence-electron chi connectivity index (χ2n) is 17.0. The summed E-state index contributed by atoms with van der Waals surface area (Å²) in [4.78, 5) is 2.39. The summed E-state index contributed by atoms with van der Waals surface area (Å²) in [5, 5.41) is 2.26. The molecule has 11 aromatic rings. The molecule has 0 radical (unpaired) electrons. The summed E-state index contributed by atoms with van der Waals surface area (Å²) < 4.78 is 14.1. The standard InChI is InChI=1S/C61H37NO2/c1-2-17-38(18-3-1)62(55-30-16-27-48-43-22-7-6-21-42(43)46-24-10-14-31-56(46)63-59(48)55)39-33-34-45-41-20-5-4-19-40(41)44-23-8-12-28-51(44)61(54(45)37-39)52-29-13-9-26-50(52)58-53(61)36-35-49-47-25-11-15-32-57(47)64-60(49)58/h1-37H. The van der Waals surface area contributed by atoms with Gasteiger partial charge in [-0.15, -0.1) is 0 Å². The van der Waals surface area contributed by atoms with Gasteiger partial charge in [-0.2, -0.15) is 0 Å². The Balaban J connectivity index is 1.10. The predicted molar refractivity (Wildman–Crippen MR) is 261 cm³/mol. The number of rotatable bonds is 3. The second-order valence-corrected chi connectivity index (χ2v) is 17.0. The van der Waals surface area contributed by atoms with Crippen LogP contribution in [0, 0.1) is 0 Å². The van der Waals surface area contributed by atoms with Gasteiger partial charge in [0.05, 0.1) is 11.1 Å². The third kappa shape index (κ3) is 4.70. The summed E-state index contributed by atoms with van der Waals surface area (Å²) in [6, 6.07) is 81.6. The lowest BCUT2D eigenvalue weighted by Crippen LogP contribution is -2.29. The van der Waals surface area contributed by atoms with Crippen LogP contribution in [0.3, 0.4) is 0 Å². The van der Waals surface area contributed by atoms with Gasteiger partial charge in [0.25, 0.3) is 0 Å². The van der Waals surface area contributed by atoms with E-state index in [4.69, 9.17) is 9.15 Å². The Kier molecular flexibility index (Phi) is 7.32. The first-order valence-electron chi connectivity index (χ1n) is 22.0. The van der Waals surface area contributed by atoms with Gasteiger partial charge in [0.1, 0.15) is 16.9 Å². The van der Waals surface area contributed by atoms with Crippen molar-refractivity contribution < 1.29 is 9.15 Å². The molecule has 3 nitrogen and oxygen atoms in total. The van der Waals surface area contributed by atoms with Gasteiger partial charge in [-0.1, -0.05) is 182 Å². The Morgan fingerprint density at radius 3 is 1.70 bits per heavy atom. The zero-order valence-electron chi connectivity index (χ0n) is 34.6. The Morgan fingerprint density at radius 1 is 0.344 bits per heavy atom. The molecule has 1 atom stereocenters. The largest absolute Gasteiger partial charge is 0.455 e. The van der Waals surface area contributed by atoms with Crippen molar-refractivity contribution in [2.45, 2.75) is 5.41 Å². The highest BCUT2D eigenvalue weighted by atomic mass is 16.5. The number of para-hydroxylation sites is 4. The Morgan fingerprint density at radius 2 is 0.922 bits per heavy atom. The third-order valence-electron chi connectivity index (χ3n) is 13.9. The van der Waals surface area contributed by atoms with Crippen molar-refractivity contribution in [2.75, 3.05) is 4.90 Å². The van der Waals surface area contributed by atoms with Gasteiger partial charge < -0.3 is 14.1 Å². The summed E-state index contributed by atoms with van der Waals surface area (Å²) in [7, 11) is 0. The molecule has 0 fully saturated rings. The summed E-state index contributed by atoms with van der Waals surface area (Å²) in [5.41, 5.74) is 20.7. The number of nitrogens with zero attached hydrogens (tertiary/aromatic N) is 1. The van der Waals surface area contributed by atoms with Crippen LogP contribution in [0.2, 0.25) is 0 Å². The summed E-state index contributed by atoms with van der Waals surface area (Å²) in [6.45, 7) is 0. The lowest BCUT2D eigenvalue weighted by molar-refractivity contribution is 0.489. The molecule has 1 aliphatic heterocycles. The fourth-order valence-corrected chi connectivity index (χ4v) is 11.3. The number of benzene rings is 10. The van der Waals surface area contributed by atoms with E-state index in [1.165, 1.54) is 50.1 Å². The highest BCUT2D eigenvalue weighted by Crippen LogP contribution is 2.64. The van der Waals surface area contributed by atoms with Crippen LogP contribution in [-0.4, -0.2) is 0 Å². The van der Waals surface area contributed by atoms with Crippen LogP contribution in [-0.2, 0) is 5.41 Å². The molecular weight excluding hydrogens is 779 g/mol. The van der Waals surface area contributed by atoms with Crippen LogP contribution in [0.1, 0.15) is 22.3 Å². The average molecular weight is 816 g/mol. The van der Waals surface area contributed by atoms with Crippen molar-refractivity contribution in [1.29, 1.82) is 0 Å². The fraction of sp³-hybridized carbons (Fsp3) is 0.0164. The maximum atomic E-state index is 7.17. The van der Waals surface area contributed by atoms with Crippen LogP contribution in [0.25, 0.3) is 77.6 Å². The zero-order chi connectivity index (χ0) is 41.9. The molecule has 0 bridgehead atoms. The minimum absolute atomic E-state index is 0.718. The van der Waals surface area contributed by atoms with Crippen LogP contribution < -0.4 is 9.64 Å². The maximum Gasteiger partial charge on any atom is 0.159 e. The van der Waals surface area contributed by atoms with E-state index in [0.29, 0.717) is 0 Å². The first-order valence-corrected chi connectivity index (χ1v) is 22.0. The number of hydrogen-bond donors (Lipinski definition) is 0. The minimum atomic E-state index is -0.718. The molecule has 0 saturated heterocycles. The van der Waals surface area contributed by atoms with E-state index in [0.717, 1.165) is 78.3 Å². The van der Waals surface area contributed by atoms with Gasteiger partial charge in [-0.3, -0.25) is 0 Å². The number of furan rings is 1. The highest BCUT2D eigenvalue weighted by Gasteiger charge is 2.51. The number of fused-ring (bicyclic) bond motifs is 21.